The van der Waals surface area contributed by atoms with Gasteiger partial charge in [0.2, 0.25) is 5.91 Å². The lowest BCUT2D eigenvalue weighted by molar-refractivity contribution is -0.128. The highest BCUT2D eigenvalue weighted by atomic mass is 16.5. The van der Waals surface area contributed by atoms with Crippen LogP contribution in [0.5, 0.6) is 5.75 Å². The highest BCUT2D eigenvalue weighted by molar-refractivity contribution is 5.85. The molecule has 1 aromatic carbocycles. The van der Waals surface area contributed by atoms with Crippen LogP contribution >= 0.6 is 0 Å². The van der Waals surface area contributed by atoms with Crippen molar-refractivity contribution in [2.24, 2.45) is 5.41 Å². The third kappa shape index (κ3) is 4.27. The van der Waals surface area contributed by atoms with E-state index in [9.17, 15) is 4.79 Å². The van der Waals surface area contributed by atoms with E-state index in [1.807, 2.05) is 44.2 Å². The van der Waals surface area contributed by atoms with Crippen LogP contribution < -0.4 is 10.1 Å². The van der Waals surface area contributed by atoms with Crippen LogP contribution in [0.4, 0.5) is 0 Å². The van der Waals surface area contributed by atoms with Crippen molar-refractivity contribution in [1.82, 2.24) is 5.32 Å². The number of para-hydroxylation sites is 1. The summed E-state index contributed by atoms with van der Waals surface area (Å²) in [6.07, 6.45) is 1.79. The number of benzene rings is 1. The van der Waals surface area contributed by atoms with E-state index in [2.05, 4.69) is 11.4 Å². The average Bonchev–Trinajstić information content (AvgIpc) is 2.50. The third-order valence-corrected chi connectivity index (χ3v) is 3.47. The van der Waals surface area contributed by atoms with Crippen LogP contribution in [0.2, 0.25) is 0 Å². The first-order valence-electron chi connectivity index (χ1n) is 7.06. The molecule has 0 aromatic heterocycles. The molecule has 0 bridgehead atoms. The quantitative estimate of drug-likeness (QED) is 0.741. The second-order valence-electron chi connectivity index (χ2n) is 4.67. The van der Waals surface area contributed by atoms with Crippen LogP contribution in [0.25, 0.3) is 0 Å². The van der Waals surface area contributed by atoms with Gasteiger partial charge in [-0.3, -0.25) is 4.79 Å². The molecule has 1 amide bonds. The minimum absolute atomic E-state index is 0.176. The molecule has 1 N–H and O–H groups in total. The molecule has 20 heavy (non-hydrogen) atoms. The van der Waals surface area contributed by atoms with Crippen LogP contribution in [0.3, 0.4) is 0 Å². The molecular formula is C16H22N2O2. The molecule has 1 aromatic rings. The molecule has 0 fully saturated rings. The molecule has 0 aliphatic rings. The fourth-order valence-corrected chi connectivity index (χ4v) is 1.93. The van der Waals surface area contributed by atoms with Gasteiger partial charge in [0.15, 0.2) is 0 Å². The van der Waals surface area contributed by atoms with Crippen molar-refractivity contribution in [3.8, 4) is 11.8 Å². The minimum atomic E-state index is -0.889. The maximum atomic E-state index is 12.0. The van der Waals surface area contributed by atoms with Gasteiger partial charge in [0.25, 0.3) is 0 Å². The zero-order valence-electron chi connectivity index (χ0n) is 12.2. The molecule has 0 heterocycles. The number of nitriles is 1. The Morgan fingerprint density at radius 2 is 1.95 bits per heavy atom. The summed E-state index contributed by atoms with van der Waals surface area (Å²) in [4.78, 5) is 12.0. The summed E-state index contributed by atoms with van der Waals surface area (Å²) < 4.78 is 5.54. The average molecular weight is 274 g/mol. The molecule has 0 aliphatic heterocycles. The molecule has 0 saturated carbocycles. The van der Waals surface area contributed by atoms with Crippen molar-refractivity contribution in [3.05, 3.63) is 30.3 Å². The number of carbonyl (C=O) groups excluding carboxylic acids is 1. The van der Waals surface area contributed by atoms with E-state index >= 15 is 0 Å². The number of amides is 1. The van der Waals surface area contributed by atoms with Crippen LogP contribution in [-0.4, -0.2) is 19.1 Å². The zero-order chi connectivity index (χ0) is 14.8. The van der Waals surface area contributed by atoms with E-state index in [4.69, 9.17) is 10.00 Å². The molecule has 4 nitrogen and oxygen atoms in total. The van der Waals surface area contributed by atoms with Crippen molar-refractivity contribution in [2.75, 3.05) is 13.2 Å². The van der Waals surface area contributed by atoms with E-state index in [1.54, 1.807) is 0 Å². The molecule has 108 valence electrons. The summed E-state index contributed by atoms with van der Waals surface area (Å²) in [5.74, 6) is 0.650. The number of hydrogen-bond donors (Lipinski definition) is 1. The number of rotatable bonds is 8. The van der Waals surface area contributed by atoms with Crippen LogP contribution in [0, 0.1) is 16.7 Å². The first-order chi connectivity index (χ1) is 9.68. The molecule has 0 spiro atoms. The monoisotopic (exact) mass is 274 g/mol. The molecule has 0 unspecified atom stereocenters. The van der Waals surface area contributed by atoms with Crippen molar-refractivity contribution in [2.45, 2.75) is 33.1 Å². The molecule has 0 radical (unpaired) electrons. The Hall–Kier alpha value is -2.02. The molecule has 0 saturated heterocycles. The summed E-state index contributed by atoms with van der Waals surface area (Å²) in [6, 6.07) is 11.7. The third-order valence-electron chi connectivity index (χ3n) is 3.47. The fourth-order valence-electron chi connectivity index (χ4n) is 1.93. The van der Waals surface area contributed by atoms with Gasteiger partial charge in [-0.15, -0.1) is 0 Å². The predicted octanol–water partition coefficient (Wildman–Crippen LogP) is 2.90. The Labute approximate surface area is 120 Å². The summed E-state index contributed by atoms with van der Waals surface area (Å²) in [7, 11) is 0. The van der Waals surface area contributed by atoms with Crippen LogP contribution in [0.1, 0.15) is 33.1 Å². The summed E-state index contributed by atoms with van der Waals surface area (Å²) in [6.45, 7) is 4.80. The van der Waals surface area contributed by atoms with Gasteiger partial charge >= 0.3 is 0 Å². The van der Waals surface area contributed by atoms with Gasteiger partial charge in [-0.05, 0) is 31.4 Å². The Kier molecular flexibility index (Phi) is 6.58. The molecular weight excluding hydrogens is 252 g/mol. The summed E-state index contributed by atoms with van der Waals surface area (Å²) in [5, 5.41) is 12.0. The minimum Gasteiger partial charge on any atom is -0.494 e. The van der Waals surface area contributed by atoms with Gasteiger partial charge in [0, 0.05) is 6.54 Å². The smallest absolute Gasteiger partial charge is 0.240 e. The summed E-state index contributed by atoms with van der Waals surface area (Å²) >= 11 is 0. The first-order valence-corrected chi connectivity index (χ1v) is 7.06. The second-order valence-corrected chi connectivity index (χ2v) is 4.67. The number of nitrogens with zero attached hydrogens (tertiary/aromatic N) is 1. The summed E-state index contributed by atoms with van der Waals surface area (Å²) in [5.41, 5.74) is -0.889. The second kappa shape index (κ2) is 8.21. The maximum absolute atomic E-state index is 12.0. The van der Waals surface area contributed by atoms with E-state index in [-0.39, 0.29) is 5.91 Å². The number of nitrogens with one attached hydrogen (secondary N) is 1. The van der Waals surface area contributed by atoms with E-state index < -0.39 is 5.41 Å². The Morgan fingerprint density at radius 1 is 1.30 bits per heavy atom. The van der Waals surface area contributed by atoms with Gasteiger partial charge in [0.1, 0.15) is 11.2 Å². The van der Waals surface area contributed by atoms with Gasteiger partial charge in [0.05, 0.1) is 12.7 Å². The van der Waals surface area contributed by atoms with Crippen molar-refractivity contribution in [3.63, 3.8) is 0 Å². The van der Waals surface area contributed by atoms with Gasteiger partial charge in [-0.2, -0.15) is 5.26 Å². The maximum Gasteiger partial charge on any atom is 0.240 e. The van der Waals surface area contributed by atoms with Crippen molar-refractivity contribution in [1.29, 1.82) is 5.26 Å². The van der Waals surface area contributed by atoms with Gasteiger partial charge in [-0.25, -0.2) is 0 Å². The zero-order valence-corrected chi connectivity index (χ0v) is 12.2. The highest BCUT2D eigenvalue weighted by Crippen LogP contribution is 2.25. The lowest BCUT2D eigenvalue weighted by atomic mass is 9.83. The van der Waals surface area contributed by atoms with Crippen molar-refractivity contribution < 1.29 is 9.53 Å². The normalized spacial score (nSPS) is 10.7. The number of hydrogen-bond acceptors (Lipinski definition) is 3. The van der Waals surface area contributed by atoms with E-state index in [0.29, 0.717) is 26.0 Å². The fraction of sp³-hybridized carbons (Fsp3) is 0.500. The van der Waals surface area contributed by atoms with Gasteiger partial charge in [-0.1, -0.05) is 32.0 Å². The lowest BCUT2D eigenvalue weighted by Gasteiger charge is -2.22. The van der Waals surface area contributed by atoms with Crippen LogP contribution in [-0.2, 0) is 4.79 Å². The lowest BCUT2D eigenvalue weighted by Crippen LogP contribution is -2.40. The Morgan fingerprint density at radius 3 is 2.50 bits per heavy atom. The van der Waals surface area contributed by atoms with Crippen LogP contribution in [0.15, 0.2) is 30.3 Å². The largest absolute Gasteiger partial charge is 0.494 e. The highest BCUT2D eigenvalue weighted by Gasteiger charge is 2.34. The molecule has 4 heteroatoms. The van der Waals surface area contributed by atoms with E-state index in [0.717, 1.165) is 12.2 Å². The van der Waals surface area contributed by atoms with Gasteiger partial charge < -0.3 is 10.1 Å². The molecule has 0 aliphatic carbocycles. The first kappa shape index (κ1) is 16.0. The molecule has 1 rings (SSSR count). The number of carbonyl (C=O) groups is 1. The standard InChI is InChI=1S/C16H22N2O2/c1-3-16(4-2,13-17)15(19)18-11-8-12-20-14-9-6-5-7-10-14/h5-7,9-10H,3-4,8,11-12H2,1-2H3,(H,18,19). The SMILES string of the molecule is CCC(C#N)(CC)C(=O)NCCCOc1ccccc1. The van der Waals surface area contributed by atoms with E-state index in [1.165, 1.54) is 0 Å². The Bertz CT molecular complexity index is 447. The predicted molar refractivity (Wildman–Crippen MR) is 78.2 cm³/mol. The number of ether oxygens (including phenoxy) is 1. The topological polar surface area (TPSA) is 62.1 Å². The Balaban J connectivity index is 2.27. The van der Waals surface area contributed by atoms with Crippen molar-refractivity contribution >= 4 is 5.91 Å². The molecule has 0 atom stereocenters.